The van der Waals surface area contributed by atoms with E-state index in [4.69, 9.17) is 5.11 Å². The second-order valence-electron chi connectivity index (χ2n) is 3.61. The molecule has 0 bridgehead atoms. The van der Waals surface area contributed by atoms with Crippen molar-refractivity contribution in [2.75, 3.05) is 25.0 Å². The molecule has 1 atom stereocenters. The van der Waals surface area contributed by atoms with Gasteiger partial charge < -0.3 is 15.7 Å². The molecule has 0 aliphatic rings. The predicted octanol–water partition coefficient (Wildman–Crippen LogP) is 0.372. The SMILES string of the molecule is CC(O)CNCCNc1ncccc1[N+](=O)[O-]. The first kappa shape index (κ1) is 13.3. The number of anilines is 1. The highest BCUT2D eigenvalue weighted by Crippen LogP contribution is 2.19. The van der Waals surface area contributed by atoms with Crippen LogP contribution in [-0.4, -0.2) is 40.8 Å². The Morgan fingerprint density at radius 2 is 2.35 bits per heavy atom. The summed E-state index contributed by atoms with van der Waals surface area (Å²) in [5, 5.41) is 25.5. The Morgan fingerprint density at radius 1 is 1.59 bits per heavy atom. The van der Waals surface area contributed by atoms with E-state index < -0.39 is 11.0 Å². The Balaban J connectivity index is 2.39. The van der Waals surface area contributed by atoms with Crippen LogP contribution in [0.15, 0.2) is 18.3 Å². The van der Waals surface area contributed by atoms with Gasteiger partial charge in [0, 0.05) is 31.9 Å². The van der Waals surface area contributed by atoms with Crippen LogP contribution < -0.4 is 10.6 Å². The van der Waals surface area contributed by atoms with Crippen LogP contribution in [0, 0.1) is 10.1 Å². The lowest BCUT2D eigenvalue weighted by Gasteiger charge is -2.08. The molecule has 0 aliphatic heterocycles. The number of hydrogen-bond acceptors (Lipinski definition) is 6. The maximum atomic E-state index is 10.7. The molecular weight excluding hydrogens is 224 g/mol. The molecule has 0 spiro atoms. The number of pyridine rings is 1. The van der Waals surface area contributed by atoms with Crippen molar-refractivity contribution in [3.63, 3.8) is 0 Å². The van der Waals surface area contributed by atoms with Crippen LogP contribution in [0.5, 0.6) is 0 Å². The van der Waals surface area contributed by atoms with Gasteiger partial charge in [-0.3, -0.25) is 10.1 Å². The smallest absolute Gasteiger partial charge is 0.311 e. The number of hydrogen-bond donors (Lipinski definition) is 3. The lowest BCUT2D eigenvalue weighted by Crippen LogP contribution is -2.29. The summed E-state index contributed by atoms with van der Waals surface area (Å²) in [6.45, 7) is 3.28. The van der Waals surface area contributed by atoms with Crippen molar-refractivity contribution in [3.05, 3.63) is 28.4 Å². The minimum atomic E-state index is -0.474. The lowest BCUT2D eigenvalue weighted by molar-refractivity contribution is -0.384. The number of aliphatic hydroxyl groups is 1. The number of nitrogens with one attached hydrogen (secondary N) is 2. The first-order valence-corrected chi connectivity index (χ1v) is 5.33. The van der Waals surface area contributed by atoms with Crippen molar-refractivity contribution in [2.45, 2.75) is 13.0 Å². The Hall–Kier alpha value is -1.73. The fourth-order valence-electron chi connectivity index (χ4n) is 1.26. The molecule has 0 aromatic carbocycles. The van der Waals surface area contributed by atoms with Crippen molar-refractivity contribution in [1.29, 1.82) is 0 Å². The molecule has 3 N–H and O–H groups in total. The van der Waals surface area contributed by atoms with E-state index in [1.807, 2.05) is 0 Å². The minimum Gasteiger partial charge on any atom is -0.392 e. The molecule has 1 aromatic rings. The maximum Gasteiger partial charge on any atom is 0.311 e. The summed E-state index contributed by atoms with van der Waals surface area (Å²) in [6.07, 6.45) is 1.10. The molecule has 1 rings (SSSR count). The minimum absolute atomic E-state index is 0.0389. The number of nitrogens with zero attached hydrogens (tertiary/aromatic N) is 2. The van der Waals surface area contributed by atoms with Gasteiger partial charge in [-0.2, -0.15) is 0 Å². The predicted molar refractivity (Wildman–Crippen MR) is 63.9 cm³/mol. The van der Waals surface area contributed by atoms with Crippen molar-refractivity contribution >= 4 is 11.5 Å². The highest BCUT2D eigenvalue weighted by Gasteiger charge is 2.12. The van der Waals surface area contributed by atoms with Gasteiger partial charge in [-0.05, 0) is 13.0 Å². The molecule has 1 unspecified atom stereocenters. The zero-order chi connectivity index (χ0) is 12.7. The van der Waals surface area contributed by atoms with Crippen LogP contribution in [0.25, 0.3) is 0 Å². The quantitative estimate of drug-likeness (QED) is 0.362. The maximum absolute atomic E-state index is 10.7. The molecule has 0 aliphatic carbocycles. The van der Waals surface area contributed by atoms with Crippen molar-refractivity contribution in [2.24, 2.45) is 0 Å². The summed E-state index contributed by atoms with van der Waals surface area (Å²) < 4.78 is 0. The van der Waals surface area contributed by atoms with Gasteiger partial charge in [0.05, 0.1) is 11.0 Å². The lowest BCUT2D eigenvalue weighted by atomic mass is 10.4. The molecule has 17 heavy (non-hydrogen) atoms. The van der Waals surface area contributed by atoms with Gasteiger partial charge in [0.15, 0.2) is 0 Å². The van der Waals surface area contributed by atoms with Crippen LogP contribution in [0.3, 0.4) is 0 Å². The molecule has 0 amide bonds. The van der Waals surface area contributed by atoms with Crippen molar-refractivity contribution in [3.8, 4) is 0 Å². The number of aromatic nitrogens is 1. The molecule has 7 nitrogen and oxygen atoms in total. The summed E-state index contributed by atoms with van der Waals surface area (Å²) >= 11 is 0. The third kappa shape index (κ3) is 4.75. The molecular formula is C10H16N4O3. The van der Waals surface area contributed by atoms with E-state index in [-0.39, 0.29) is 11.5 Å². The zero-order valence-corrected chi connectivity index (χ0v) is 9.59. The molecule has 7 heteroatoms. The molecule has 1 heterocycles. The first-order valence-electron chi connectivity index (χ1n) is 5.33. The largest absolute Gasteiger partial charge is 0.392 e. The summed E-state index contributed by atoms with van der Waals surface area (Å²) in [4.78, 5) is 14.1. The van der Waals surface area contributed by atoms with E-state index >= 15 is 0 Å². The van der Waals surface area contributed by atoms with Gasteiger partial charge in [0.25, 0.3) is 0 Å². The van der Waals surface area contributed by atoms with Crippen LogP contribution in [0.1, 0.15) is 6.92 Å². The summed E-state index contributed by atoms with van der Waals surface area (Å²) in [5.74, 6) is 0.261. The van der Waals surface area contributed by atoms with Crippen LogP contribution in [0.4, 0.5) is 11.5 Å². The molecule has 94 valence electrons. The van der Waals surface area contributed by atoms with E-state index in [9.17, 15) is 10.1 Å². The average Bonchev–Trinajstić information content (AvgIpc) is 2.28. The van der Waals surface area contributed by atoms with Gasteiger partial charge in [0.1, 0.15) is 0 Å². The van der Waals surface area contributed by atoms with E-state index in [1.165, 1.54) is 18.3 Å². The number of aliphatic hydroxyl groups excluding tert-OH is 1. The van der Waals surface area contributed by atoms with Crippen LogP contribution in [0.2, 0.25) is 0 Å². The Bertz CT molecular complexity index is 370. The standard InChI is InChI=1S/C10H16N4O3/c1-8(15)7-11-5-6-13-10-9(14(16)17)3-2-4-12-10/h2-4,8,11,15H,5-7H2,1H3,(H,12,13). The zero-order valence-electron chi connectivity index (χ0n) is 9.59. The molecule has 0 saturated heterocycles. The van der Waals surface area contributed by atoms with Crippen molar-refractivity contribution in [1.82, 2.24) is 10.3 Å². The van der Waals surface area contributed by atoms with Gasteiger partial charge in [-0.1, -0.05) is 0 Å². The van der Waals surface area contributed by atoms with E-state index in [0.717, 1.165) is 0 Å². The van der Waals surface area contributed by atoms with Gasteiger partial charge in [0.2, 0.25) is 5.82 Å². The monoisotopic (exact) mass is 240 g/mol. The third-order valence-electron chi connectivity index (χ3n) is 2.02. The van der Waals surface area contributed by atoms with Gasteiger partial charge in [-0.15, -0.1) is 0 Å². The fourth-order valence-corrected chi connectivity index (χ4v) is 1.26. The number of nitro groups is 1. The topological polar surface area (TPSA) is 100 Å². The normalized spacial score (nSPS) is 12.1. The third-order valence-corrected chi connectivity index (χ3v) is 2.02. The summed E-state index contributed by atoms with van der Waals surface area (Å²) in [7, 11) is 0. The van der Waals surface area contributed by atoms with E-state index in [0.29, 0.717) is 19.6 Å². The molecule has 0 saturated carbocycles. The first-order chi connectivity index (χ1) is 8.11. The van der Waals surface area contributed by atoms with E-state index in [1.54, 1.807) is 6.92 Å². The van der Waals surface area contributed by atoms with Crippen molar-refractivity contribution < 1.29 is 10.0 Å². The Labute approximate surface area is 99.0 Å². The second kappa shape index (κ2) is 6.77. The van der Waals surface area contributed by atoms with Gasteiger partial charge in [-0.25, -0.2) is 4.98 Å². The van der Waals surface area contributed by atoms with Crippen LogP contribution >= 0.6 is 0 Å². The Kier molecular flexibility index (Phi) is 5.31. The highest BCUT2D eigenvalue weighted by molar-refractivity contribution is 5.54. The molecule has 1 aromatic heterocycles. The van der Waals surface area contributed by atoms with Crippen LogP contribution in [-0.2, 0) is 0 Å². The summed E-state index contributed by atoms with van der Waals surface area (Å²) in [5.41, 5.74) is -0.0389. The average molecular weight is 240 g/mol. The van der Waals surface area contributed by atoms with Gasteiger partial charge >= 0.3 is 5.69 Å². The molecule has 0 radical (unpaired) electrons. The second-order valence-corrected chi connectivity index (χ2v) is 3.61. The van der Waals surface area contributed by atoms with E-state index in [2.05, 4.69) is 15.6 Å². The summed E-state index contributed by atoms with van der Waals surface area (Å²) in [6, 6.07) is 2.92. The Morgan fingerprint density at radius 3 is 3.00 bits per heavy atom. The molecule has 0 fully saturated rings. The highest BCUT2D eigenvalue weighted by atomic mass is 16.6. The fraction of sp³-hybridized carbons (Fsp3) is 0.500. The number of rotatable bonds is 7.